The van der Waals surface area contributed by atoms with Gasteiger partial charge in [0.2, 0.25) is 0 Å². The van der Waals surface area contributed by atoms with E-state index in [1.54, 1.807) is 6.07 Å². The average Bonchev–Trinajstić information content (AvgIpc) is 3.15. The van der Waals surface area contributed by atoms with E-state index in [4.69, 9.17) is 4.74 Å². The molecule has 1 aliphatic heterocycles. The molecule has 2 heterocycles. The Labute approximate surface area is 173 Å². The minimum atomic E-state index is -0.366. The van der Waals surface area contributed by atoms with Gasteiger partial charge in [-0.15, -0.1) is 0 Å². The smallest absolute Gasteiger partial charge is 0.128 e. The Bertz CT molecular complexity index is 743. The van der Waals surface area contributed by atoms with Crippen molar-refractivity contribution in [3.05, 3.63) is 59.7 Å². The van der Waals surface area contributed by atoms with Crippen molar-refractivity contribution in [3.63, 3.8) is 0 Å². The number of halogens is 1. The second-order valence-electron chi connectivity index (χ2n) is 8.22. The van der Waals surface area contributed by atoms with Crippen LogP contribution in [0, 0.1) is 11.7 Å². The summed E-state index contributed by atoms with van der Waals surface area (Å²) in [6.07, 6.45) is 1.63. The molecule has 0 amide bonds. The first-order chi connectivity index (χ1) is 14.0. The highest BCUT2D eigenvalue weighted by Gasteiger charge is 2.18. The third kappa shape index (κ3) is 6.64. The zero-order chi connectivity index (χ0) is 20.6. The number of aliphatic hydroxyl groups is 1. The normalized spacial score (nSPS) is 16.6. The Hall–Kier alpha value is -1.73. The predicted octanol–water partition coefficient (Wildman–Crippen LogP) is 2.83. The summed E-state index contributed by atoms with van der Waals surface area (Å²) in [7, 11) is 0. The number of hydrogen-bond acceptors (Lipinski definition) is 4. The topological polar surface area (TPSA) is 40.9 Å². The average molecular weight is 404 g/mol. The summed E-state index contributed by atoms with van der Waals surface area (Å²) in [6.45, 7) is 11.3. The van der Waals surface area contributed by atoms with Gasteiger partial charge in [-0.3, -0.25) is 9.80 Å². The molecule has 1 saturated heterocycles. The quantitative estimate of drug-likeness (QED) is 0.662. The molecule has 0 aliphatic carbocycles. The van der Waals surface area contributed by atoms with Crippen molar-refractivity contribution in [1.29, 1.82) is 0 Å². The van der Waals surface area contributed by atoms with Gasteiger partial charge in [0.25, 0.3) is 0 Å². The molecule has 0 radical (unpaired) electrons. The summed E-state index contributed by atoms with van der Waals surface area (Å²) in [4.78, 5) is 4.73. The van der Waals surface area contributed by atoms with Gasteiger partial charge in [-0.1, -0.05) is 32.0 Å². The lowest BCUT2D eigenvalue weighted by molar-refractivity contribution is 0.0257. The number of ether oxygens (including phenoxy) is 1. The maximum atomic E-state index is 14.1. The molecule has 3 rings (SSSR count). The van der Waals surface area contributed by atoms with Gasteiger partial charge in [0.05, 0.1) is 25.9 Å². The van der Waals surface area contributed by atoms with Gasteiger partial charge in [-0.05, 0) is 24.1 Å². The number of aromatic nitrogens is 1. The molecule has 1 aliphatic rings. The van der Waals surface area contributed by atoms with Crippen molar-refractivity contribution >= 4 is 0 Å². The molecule has 1 aromatic heterocycles. The number of morpholine rings is 1. The summed E-state index contributed by atoms with van der Waals surface area (Å²) >= 11 is 0. The van der Waals surface area contributed by atoms with Gasteiger partial charge in [0.15, 0.2) is 0 Å². The van der Waals surface area contributed by atoms with Gasteiger partial charge < -0.3 is 14.4 Å². The lowest BCUT2D eigenvalue weighted by atomic mass is 10.1. The van der Waals surface area contributed by atoms with Crippen LogP contribution in [0.1, 0.15) is 25.1 Å². The number of aliphatic hydroxyl groups excluding tert-OH is 1. The van der Waals surface area contributed by atoms with E-state index in [0.717, 1.165) is 51.6 Å². The summed E-state index contributed by atoms with van der Waals surface area (Å²) < 4.78 is 21.6. The summed E-state index contributed by atoms with van der Waals surface area (Å²) in [5.74, 6) is 0.0395. The maximum absolute atomic E-state index is 14.1. The van der Waals surface area contributed by atoms with Crippen LogP contribution in [0.2, 0.25) is 0 Å². The Morgan fingerprint density at radius 1 is 1.14 bits per heavy atom. The van der Waals surface area contributed by atoms with E-state index in [1.807, 2.05) is 38.2 Å². The van der Waals surface area contributed by atoms with Crippen LogP contribution in [-0.2, 0) is 17.8 Å². The lowest BCUT2D eigenvalue weighted by Crippen LogP contribution is -2.43. The van der Waals surface area contributed by atoms with E-state index >= 15 is 0 Å². The first kappa shape index (κ1) is 22.0. The third-order valence-corrected chi connectivity index (χ3v) is 5.66. The molecule has 1 atom stereocenters. The Morgan fingerprint density at radius 2 is 1.90 bits per heavy atom. The van der Waals surface area contributed by atoms with E-state index in [2.05, 4.69) is 20.4 Å². The Morgan fingerprint density at radius 3 is 2.62 bits per heavy atom. The van der Waals surface area contributed by atoms with Gasteiger partial charge in [-0.25, -0.2) is 4.39 Å². The molecule has 1 fully saturated rings. The SMILES string of the molecule is CC(C)[C@H](O)CN(CCN1CCOCC1)Cc1cccn1Cc1ccccc1F. The first-order valence-corrected chi connectivity index (χ1v) is 10.6. The third-order valence-electron chi connectivity index (χ3n) is 5.66. The highest BCUT2D eigenvalue weighted by atomic mass is 19.1. The molecule has 0 bridgehead atoms. The van der Waals surface area contributed by atoms with Crippen molar-refractivity contribution < 1.29 is 14.2 Å². The standard InChI is InChI=1S/C23H34FN3O2/c1-19(2)23(28)18-26(11-10-25-12-14-29-15-13-25)17-21-7-5-9-27(21)16-20-6-3-4-8-22(20)24/h3-9,19,23,28H,10-18H2,1-2H3/t23-/m1/s1. The van der Waals surface area contributed by atoms with Gasteiger partial charge >= 0.3 is 0 Å². The molecular formula is C23H34FN3O2. The Kier molecular flexibility index (Phi) is 8.24. The summed E-state index contributed by atoms with van der Waals surface area (Å²) in [5, 5.41) is 10.5. The number of benzene rings is 1. The van der Waals surface area contributed by atoms with Crippen molar-refractivity contribution in [3.8, 4) is 0 Å². The first-order valence-electron chi connectivity index (χ1n) is 10.6. The zero-order valence-corrected chi connectivity index (χ0v) is 17.6. The van der Waals surface area contributed by atoms with Crippen molar-refractivity contribution in [2.75, 3.05) is 45.9 Å². The van der Waals surface area contributed by atoms with Crippen molar-refractivity contribution in [2.24, 2.45) is 5.92 Å². The summed E-state index contributed by atoms with van der Waals surface area (Å²) in [6, 6.07) is 11.0. The molecule has 29 heavy (non-hydrogen) atoms. The van der Waals surface area contributed by atoms with Crippen molar-refractivity contribution in [2.45, 2.75) is 33.0 Å². The molecule has 1 aromatic carbocycles. The second kappa shape index (κ2) is 10.9. The molecule has 2 aromatic rings. The van der Waals surface area contributed by atoms with Crippen molar-refractivity contribution in [1.82, 2.24) is 14.4 Å². The zero-order valence-electron chi connectivity index (χ0n) is 17.6. The minimum Gasteiger partial charge on any atom is -0.392 e. The van der Waals surface area contributed by atoms with E-state index in [-0.39, 0.29) is 17.8 Å². The second-order valence-corrected chi connectivity index (χ2v) is 8.22. The van der Waals surface area contributed by atoms with Crippen LogP contribution < -0.4 is 0 Å². The molecule has 5 nitrogen and oxygen atoms in total. The van der Waals surface area contributed by atoms with E-state index in [0.29, 0.717) is 18.7 Å². The monoisotopic (exact) mass is 403 g/mol. The fourth-order valence-corrected chi connectivity index (χ4v) is 3.60. The maximum Gasteiger partial charge on any atom is 0.128 e. The fraction of sp³-hybridized carbons (Fsp3) is 0.565. The molecule has 0 spiro atoms. The van der Waals surface area contributed by atoms with E-state index in [1.165, 1.54) is 6.07 Å². The molecular weight excluding hydrogens is 369 g/mol. The van der Waals surface area contributed by atoms with Crippen LogP contribution in [0.25, 0.3) is 0 Å². The highest BCUT2D eigenvalue weighted by molar-refractivity contribution is 5.19. The minimum absolute atomic E-state index is 0.174. The highest BCUT2D eigenvalue weighted by Crippen LogP contribution is 2.14. The molecule has 1 N–H and O–H groups in total. The molecule has 0 saturated carbocycles. The predicted molar refractivity (Wildman–Crippen MR) is 113 cm³/mol. The molecule has 0 unspecified atom stereocenters. The summed E-state index contributed by atoms with van der Waals surface area (Å²) in [5.41, 5.74) is 1.82. The number of nitrogens with zero attached hydrogens (tertiary/aromatic N) is 3. The van der Waals surface area contributed by atoms with E-state index < -0.39 is 0 Å². The fourth-order valence-electron chi connectivity index (χ4n) is 3.60. The van der Waals surface area contributed by atoms with E-state index in [9.17, 15) is 9.50 Å². The molecule has 6 heteroatoms. The van der Waals surface area contributed by atoms with Crippen LogP contribution >= 0.6 is 0 Å². The van der Waals surface area contributed by atoms with Crippen LogP contribution in [0.3, 0.4) is 0 Å². The molecule has 160 valence electrons. The van der Waals surface area contributed by atoms with Crippen LogP contribution in [0.5, 0.6) is 0 Å². The van der Waals surface area contributed by atoms with Gasteiger partial charge in [-0.2, -0.15) is 0 Å². The van der Waals surface area contributed by atoms with Crippen LogP contribution in [0.4, 0.5) is 4.39 Å². The van der Waals surface area contributed by atoms with Crippen LogP contribution in [0.15, 0.2) is 42.6 Å². The largest absolute Gasteiger partial charge is 0.392 e. The van der Waals surface area contributed by atoms with Crippen LogP contribution in [-0.4, -0.2) is 71.5 Å². The lowest BCUT2D eigenvalue weighted by Gasteiger charge is -2.31. The number of rotatable bonds is 10. The van der Waals surface area contributed by atoms with Gasteiger partial charge in [0.1, 0.15) is 5.82 Å². The van der Waals surface area contributed by atoms with Gasteiger partial charge in [0, 0.05) is 56.7 Å². The number of hydrogen-bond donors (Lipinski definition) is 1. The Balaban J connectivity index is 1.66.